The van der Waals surface area contributed by atoms with Gasteiger partial charge in [0.05, 0.1) is 12.5 Å². The van der Waals surface area contributed by atoms with Gasteiger partial charge in [0.15, 0.2) is 11.5 Å². The lowest BCUT2D eigenvalue weighted by molar-refractivity contribution is -0.129. The van der Waals surface area contributed by atoms with Crippen molar-refractivity contribution in [3.63, 3.8) is 0 Å². The van der Waals surface area contributed by atoms with Crippen LogP contribution in [0.2, 0.25) is 0 Å². The zero-order valence-electron chi connectivity index (χ0n) is 11.6. The normalized spacial score (nSPS) is 24.1. The lowest BCUT2D eigenvalue weighted by Gasteiger charge is -2.27. The van der Waals surface area contributed by atoms with E-state index in [4.69, 9.17) is 9.47 Å². The number of para-hydroxylation sites is 2. The van der Waals surface area contributed by atoms with Crippen molar-refractivity contribution in [1.82, 2.24) is 10.6 Å². The fraction of sp³-hybridized carbons (Fsp3) is 0.467. The van der Waals surface area contributed by atoms with Gasteiger partial charge in [-0.25, -0.2) is 0 Å². The van der Waals surface area contributed by atoms with Crippen LogP contribution in [-0.4, -0.2) is 37.6 Å². The van der Waals surface area contributed by atoms with Gasteiger partial charge in [-0.05, 0) is 18.6 Å². The van der Waals surface area contributed by atoms with Gasteiger partial charge in [-0.2, -0.15) is 0 Å². The molecule has 21 heavy (non-hydrogen) atoms. The van der Waals surface area contributed by atoms with Crippen LogP contribution < -0.4 is 20.1 Å². The first-order valence-corrected chi connectivity index (χ1v) is 7.15. The van der Waals surface area contributed by atoms with Crippen molar-refractivity contribution >= 4 is 11.8 Å². The highest BCUT2D eigenvalue weighted by molar-refractivity contribution is 5.83. The predicted octanol–water partition coefficient (Wildman–Crippen LogP) is 0.469. The number of benzene rings is 1. The minimum Gasteiger partial charge on any atom is -0.486 e. The maximum Gasteiger partial charge on any atom is 0.225 e. The first-order chi connectivity index (χ1) is 10.2. The highest BCUT2D eigenvalue weighted by atomic mass is 16.6. The quantitative estimate of drug-likeness (QED) is 0.848. The molecule has 2 heterocycles. The summed E-state index contributed by atoms with van der Waals surface area (Å²) in [6, 6.07) is 7.48. The number of carbonyl (C=O) groups is 2. The molecule has 2 N–H and O–H groups in total. The van der Waals surface area contributed by atoms with Crippen LogP contribution in [0.15, 0.2) is 24.3 Å². The van der Waals surface area contributed by atoms with Crippen molar-refractivity contribution in [1.29, 1.82) is 0 Å². The summed E-state index contributed by atoms with van der Waals surface area (Å²) in [6.07, 6.45) is 0.818. The Balaban J connectivity index is 1.48. The molecule has 6 heteroatoms. The molecule has 1 fully saturated rings. The van der Waals surface area contributed by atoms with Gasteiger partial charge in [0.1, 0.15) is 12.7 Å². The van der Waals surface area contributed by atoms with Gasteiger partial charge < -0.3 is 20.1 Å². The molecule has 2 amide bonds. The fourth-order valence-corrected chi connectivity index (χ4v) is 2.48. The topological polar surface area (TPSA) is 76.7 Å². The minimum absolute atomic E-state index is 0.0136. The number of fused-ring (bicyclic) bond motifs is 1. The van der Waals surface area contributed by atoms with Gasteiger partial charge in [-0.15, -0.1) is 0 Å². The van der Waals surface area contributed by atoms with Crippen LogP contribution in [0, 0.1) is 5.92 Å². The molecule has 0 saturated carbocycles. The lowest BCUT2D eigenvalue weighted by atomic mass is 9.98. The number of rotatable bonds is 3. The van der Waals surface area contributed by atoms with E-state index in [-0.39, 0.29) is 23.8 Å². The molecule has 2 aliphatic rings. The monoisotopic (exact) mass is 290 g/mol. The highest BCUT2D eigenvalue weighted by Gasteiger charge is 2.26. The first-order valence-electron chi connectivity index (χ1n) is 7.15. The van der Waals surface area contributed by atoms with E-state index in [1.807, 2.05) is 24.3 Å². The molecule has 2 aliphatic heterocycles. The molecule has 1 saturated heterocycles. The Bertz CT molecular complexity index is 536. The second-order valence-corrected chi connectivity index (χ2v) is 5.28. The van der Waals surface area contributed by atoms with Crippen LogP contribution in [0.25, 0.3) is 0 Å². The summed E-state index contributed by atoms with van der Waals surface area (Å²) in [4.78, 5) is 23.1. The Morgan fingerprint density at radius 1 is 1.33 bits per heavy atom. The largest absolute Gasteiger partial charge is 0.486 e. The smallest absolute Gasteiger partial charge is 0.225 e. The standard InChI is InChI=1S/C15H18N2O4/c18-14-6-5-10(7-16-14)15(19)17-8-11-9-20-12-3-1-2-4-13(12)21-11/h1-4,10-11H,5-9H2,(H,16,18)(H,17,19). The second kappa shape index (κ2) is 6.03. The Kier molecular flexibility index (Phi) is 3.94. The number of nitrogens with one attached hydrogen (secondary N) is 2. The van der Waals surface area contributed by atoms with Crippen molar-refractivity contribution in [2.75, 3.05) is 19.7 Å². The number of ether oxygens (including phenoxy) is 2. The fourth-order valence-electron chi connectivity index (χ4n) is 2.48. The molecule has 0 aromatic heterocycles. The van der Waals surface area contributed by atoms with E-state index in [1.54, 1.807) is 0 Å². The number of hydrogen-bond acceptors (Lipinski definition) is 4. The van der Waals surface area contributed by atoms with Crippen LogP contribution in [0.3, 0.4) is 0 Å². The van der Waals surface area contributed by atoms with E-state index >= 15 is 0 Å². The number of carbonyl (C=O) groups excluding carboxylic acids is 2. The van der Waals surface area contributed by atoms with Gasteiger partial charge in [0, 0.05) is 13.0 Å². The third-order valence-corrected chi connectivity index (χ3v) is 3.71. The minimum atomic E-state index is -0.193. The van der Waals surface area contributed by atoms with Gasteiger partial charge in [-0.3, -0.25) is 9.59 Å². The van der Waals surface area contributed by atoms with Crippen LogP contribution in [0.5, 0.6) is 11.5 Å². The van der Waals surface area contributed by atoms with Gasteiger partial charge in [-0.1, -0.05) is 12.1 Å². The molecule has 2 atom stereocenters. The van der Waals surface area contributed by atoms with Gasteiger partial charge in [0.25, 0.3) is 0 Å². The lowest BCUT2D eigenvalue weighted by Crippen LogP contribution is -2.46. The molecule has 3 rings (SSSR count). The van der Waals surface area contributed by atoms with E-state index in [2.05, 4.69) is 10.6 Å². The Labute approximate surface area is 122 Å². The van der Waals surface area contributed by atoms with E-state index in [1.165, 1.54) is 0 Å². The predicted molar refractivity (Wildman–Crippen MR) is 75.1 cm³/mol. The van der Waals surface area contributed by atoms with Crippen molar-refractivity contribution in [2.45, 2.75) is 18.9 Å². The van der Waals surface area contributed by atoms with Crippen molar-refractivity contribution in [3.05, 3.63) is 24.3 Å². The summed E-state index contributed by atoms with van der Waals surface area (Å²) < 4.78 is 11.4. The average molecular weight is 290 g/mol. The summed E-state index contributed by atoms with van der Waals surface area (Å²) in [7, 11) is 0. The SMILES string of the molecule is O=C1CCC(C(=O)NCC2COc3ccccc3O2)CN1. The van der Waals surface area contributed by atoms with Crippen LogP contribution in [-0.2, 0) is 9.59 Å². The third kappa shape index (κ3) is 3.26. The number of hydrogen-bond donors (Lipinski definition) is 2. The van der Waals surface area contributed by atoms with Crippen LogP contribution >= 0.6 is 0 Å². The molecule has 2 unspecified atom stereocenters. The first kappa shape index (κ1) is 13.7. The zero-order chi connectivity index (χ0) is 14.7. The molecule has 1 aromatic rings. The highest BCUT2D eigenvalue weighted by Crippen LogP contribution is 2.30. The molecule has 0 bridgehead atoms. The Hall–Kier alpha value is -2.24. The van der Waals surface area contributed by atoms with Crippen molar-refractivity contribution < 1.29 is 19.1 Å². The molecular weight excluding hydrogens is 272 g/mol. The Morgan fingerprint density at radius 3 is 2.90 bits per heavy atom. The third-order valence-electron chi connectivity index (χ3n) is 3.71. The molecule has 112 valence electrons. The molecular formula is C15H18N2O4. The number of piperidine rings is 1. The molecule has 6 nitrogen and oxygen atoms in total. The second-order valence-electron chi connectivity index (χ2n) is 5.28. The molecule has 0 radical (unpaired) electrons. The van der Waals surface area contributed by atoms with Crippen molar-refractivity contribution in [2.24, 2.45) is 5.92 Å². The van der Waals surface area contributed by atoms with Crippen LogP contribution in [0.1, 0.15) is 12.8 Å². The average Bonchev–Trinajstić information content (AvgIpc) is 2.53. The van der Waals surface area contributed by atoms with Gasteiger partial charge >= 0.3 is 0 Å². The zero-order valence-corrected chi connectivity index (χ0v) is 11.6. The molecule has 0 aliphatic carbocycles. The summed E-state index contributed by atoms with van der Waals surface area (Å²) in [5.41, 5.74) is 0. The van der Waals surface area contributed by atoms with Crippen molar-refractivity contribution in [3.8, 4) is 11.5 Å². The van der Waals surface area contributed by atoms with E-state index < -0.39 is 0 Å². The summed E-state index contributed by atoms with van der Waals surface area (Å²) in [5, 5.41) is 5.58. The van der Waals surface area contributed by atoms with Crippen LogP contribution in [0.4, 0.5) is 0 Å². The Morgan fingerprint density at radius 2 is 2.14 bits per heavy atom. The number of amides is 2. The van der Waals surface area contributed by atoms with E-state index in [9.17, 15) is 9.59 Å². The summed E-state index contributed by atoms with van der Waals surface area (Å²) in [5.74, 6) is 1.25. The maximum absolute atomic E-state index is 12.0. The summed E-state index contributed by atoms with van der Waals surface area (Å²) in [6.45, 7) is 1.23. The summed E-state index contributed by atoms with van der Waals surface area (Å²) >= 11 is 0. The van der Waals surface area contributed by atoms with E-state index in [0.717, 1.165) is 5.75 Å². The van der Waals surface area contributed by atoms with E-state index in [0.29, 0.717) is 38.3 Å². The maximum atomic E-state index is 12.0. The molecule has 0 spiro atoms. The van der Waals surface area contributed by atoms with Gasteiger partial charge in [0.2, 0.25) is 11.8 Å². The molecule has 1 aromatic carbocycles.